The number of H-pyrrole nitrogens is 1. The molecule has 9 heteroatoms. The summed E-state index contributed by atoms with van der Waals surface area (Å²) < 4.78 is 15.7. The lowest BCUT2D eigenvalue weighted by Gasteiger charge is -2.18. The van der Waals surface area contributed by atoms with Crippen molar-refractivity contribution in [3.8, 4) is 22.8 Å². The summed E-state index contributed by atoms with van der Waals surface area (Å²) >= 11 is 1.29. The van der Waals surface area contributed by atoms with Crippen molar-refractivity contribution in [2.24, 2.45) is 0 Å². The van der Waals surface area contributed by atoms with Gasteiger partial charge in [-0.15, -0.1) is 11.3 Å². The fourth-order valence-corrected chi connectivity index (χ4v) is 3.44. The largest absolute Gasteiger partial charge is 0.486 e. The van der Waals surface area contributed by atoms with Crippen LogP contribution in [0.3, 0.4) is 0 Å². The molecular formula is C20H17N3O5S. The monoisotopic (exact) mass is 411 g/mol. The molecule has 29 heavy (non-hydrogen) atoms. The molecule has 148 valence electrons. The highest BCUT2D eigenvalue weighted by molar-refractivity contribution is 7.14. The Labute approximate surface area is 170 Å². The topological polar surface area (TPSA) is 103 Å². The molecule has 1 aliphatic rings. The summed E-state index contributed by atoms with van der Waals surface area (Å²) in [7, 11) is 1.32. The number of methoxy groups -OCH3 is 1. The molecule has 0 atom stereocenters. The van der Waals surface area contributed by atoms with E-state index >= 15 is 0 Å². The van der Waals surface area contributed by atoms with Crippen LogP contribution in [0.15, 0.2) is 41.9 Å². The summed E-state index contributed by atoms with van der Waals surface area (Å²) in [5.41, 5.74) is 2.54. The van der Waals surface area contributed by atoms with Gasteiger partial charge < -0.3 is 19.2 Å². The van der Waals surface area contributed by atoms with Crippen LogP contribution in [0, 0.1) is 0 Å². The lowest BCUT2D eigenvalue weighted by Crippen LogP contribution is -2.15. The first-order chi connectivity index (χ1) is 14.1. The van der Waals surface area contributed by atoms with Gasteiger partial charge in [0.25, 0.3) is 0 Å². The Bertz CT molecular complexity index is 1090. The van der Waals surface area contributed by atoms with Gasteiger partial charge in [-0.2, -0.15) is 0 Å². The van der Waals surface area contributed by atoms with E-state index in [1.54, 1.807) is 23.7 Å². The zero-order valence-corrected chi connectivity index (χ0v) is 16.2. The molecule has 2 aromatic heterocycles. The number of esters is 1. The Hall–Kier alpha value is -3.59. The minimum Gasteiger partial charge on any atom is -0.486 e. The molecule has 0 fully saturated rings. The van der Waals surface area contributed by atoms with Gasteiger partial charge >= 0.3 is 5.97 Å². The van der Waals surface area contributed by atoms with Crippen molar-refractivity contribution >= 4 is 34.4 Å². The number of nitrogens with zero attached hydrogens (tertiary/aromatic N) is 1. The number of fused-ring (bicyclic) bond motifs is 1. The number of hydrogen-bond donors (Lipinski definition) is 2. The first-order valence-corrected chi connectivity index (χ1v) is 9.62. The van der Waals surface area contributed by atoms with Crippen LogP contribution in [0.5, 0.6) is 11.5 Å². The van der Waals surface area contributed by atoms with Crippen molar-refractivity contribution in [3.05, 3.63) is 53.2 Å². The Balaban J connectivity index is 1.39. The molecule has 3 aromatic rings. The van der Waals surface area contributed by atoms with Gasteiger partial charge in [0.2, 0.25) is 5.91 Å². The summed E-state index contributed by atoms with van der Waals surface area (Å²) in [6.07, 6.45) is 4.78. The zero-order valence-electron chi connectivity index (χ0n) is 15.4. The van der Waals surface area contributed by atoms with E-state index in [1.807, 2.05) is 18.2 Å². The summed E-state index contributed by atoms with van der Waals surface area (Å²) in [6.45, 7) is 1.04. The summed E-state index contributed by atoms with van der Waals surface area (Å²) in [6, 6.07) is 7.14. The molecule has 3 heterocycles. The molecule has 0 radical (unpaired) electrons. The van der Waals surface area contributed by atoms with E-state index in [9.17, 15) is 9.59 Å². The second-order valence-corrected chi connectivity index (χ2v) is 6.92. The molecule has 1 amide bonds. The van der Waals surface area contributed by atoms with Crippen LogP contribution in [0.4, 0.5) is 5.13 Å². The van der Waals surface area contributed by atoms with E-state index in [1.165, 1.54) is 24.5 Å². The molecule has 0 unspecified atom stereocenters. The van der Waals surface area contributed by atoms with Crippen LogP contribution in [0.2, 0.25) is 0 Å². The molecule has 2 N–H and O–H groups in total. The number of ether oxygens (including phenoxy) is 3. The number of carbonyl (C=O) groups excluding carboxylic acids is 2. The minimum absolute atomic E-state index is 0.301. The minimum atomic E-state index is -0.454. The third-order valence-corrected chi connectivity index (χ3v) is 4.87. The fraction of sp³-hybridized carbons (Fsp3) is 0.150. The molecule has 0 bridgehead atoms. The maximum Gasteiger partial charge on any atom is 0.354 e. The van der Waals surface area contributed by atoms with E-state index < -0.39 is 5.97 Å². The van der Waals surface area contributed by atoms with Gasteiger partial charge in [-0.3, -0.25) is 10.1 Å². The summed E-state index contributed by atoms with van der Waals surface area (Å²) in [4.78, 5) is 30.9. The smallest absolute Gasteiger partial charge is 0.354 e. The number of hydrogen-bond acceptors (Lipinski definition) is 7. The molecular weight excluding hydrogens is 394 g/mol. The summed E-state index contributed by atoms with van der Waals surface area (Å²) in [5.74, 6) is 0.615. The molecule has 0 spiro atoms. The standard InChI is InChI=1S/C20H17N3O5S/c1-26-19(25)14-9-13(10-21-14)15-11-29-20(22-15)23-18(24)5-3-12-2-4-16-17(8-12)28-7-6-27-16/h2-5,8-11,21H,6-7H2,1H3,(H,22,23,24)/b5-3+. The van der Waals surface area contributed by atoms with Crippen LogP contribution in [-0.2, 0) is 9.53 Å². The van der Waals surface area contributed by atoms with Crippen LogP contribution in [0.25, 0.3) is 17.3 Å². The van der Waals surface area contributed by atoms with Gasteiger partial charge in [-0.25, -0.2) is 9.78 Å². The number of aromatic amines is 1. The molecule has 4 rings (SSSR count). The van der Waals surface area contributed by atoms with Crippen LogP contribution in [-0.4, -0.2) is 42.2 Å². The third kappa shape index (κ3) is 4.30. The van der Waals surface area contributed by atoms with Gasteiger partial charge in [-0.1, -0.05) is 6.07 Å². The lowest BCUT2D eigenvalue weighted by atomic mass is 10.2. The number of rotatable bonds is 5. The third-order valence-electron chi connectivity index (χ3n) is 4.11. The molecule has 8 nitrogen and oxygen atoms in total. The fourth-order valence-electron chi connectivity index (χ4n) is 2.72. The molecule has 0 aliphatic carbocycles. The molecule has 0 saturated heterocycles. The van der Waals surface area contributed by atoms with Gasteiger partial charge in [-0.05, 0) is 29.8 Å². The Morgan fingerprint density at radius 3 is 2.90 bits per heavy atom. The number of carbonyl (C=O) groups is 2. The predicted molar refractivity (Wildman–Crippen MR) is 108 cm³/mol. The van der Waals surface area contributed by atoms with E-state index in [4.69, 9.17) is 9.47 Å². The molecule has 1 aromatic carbocycles. The normalized spacial score (nSPS) is 12.7. The Kier molecular flexibility index (Phi) is 5.30. The van der Waals surface area contributed by atoms with Gasteiger partial charge in [0.15, 0.2) is 16.6 Å². The van der Waals surface area contributed by atoms with E-state index in [-0.39, 0.29) is 5.91 Å². The highest BCUT2D eigenvalue weighted by Crippen LogP contribution is 2.31. The summed E-state index contributed by atoms with van der Waals surface area (Å²) in [5, 5.41) is 4.98. The Morgan fingerprint density at radius 1 is 1.24 bits per heavy atom. The second-order valence-electron chi connectivity index (χ2n) is 6.06. The van der Waals surface area contributed by atoms with Crippen LogP contribution < -0.4 is 14.8 Å². The van der Waals surface area contributed by atoms with Crippen molar-refractivity contribution < 1.29 is 23.8 Å². The first-order valence-electron chi connectivity index (χ1n) is 8.74. The quantitative estimate of drug-likeness (QED) is 0.493. The van der Waals surface area contributed by atoms with E-state index in [2.05, 4.69) is 20.0 Å². The average molecular weight is 411 g/mol. The number of thiazole rings is 1. The molecule has 1 aliphatic heterocycles. The highest BCUT2D eigenvalue weighted by atomic mass is 32.1. The number of amides is 1. The number of benzene rings is 1. The zero-order chi connectivity index (χ0) is 20.2. The van der Waals surface area contributed by atoms with Crippen molar-refractivity contribution in [2.75, 3.05) is 25.6 Å². The lowest BCUT2D eigenvalue weighted by molar-refractivity contribution is -0.111. The van der Waals surface area contributed by atoms with Crippen LogP contribution >= 0.6 is 11.3 Å². The Morgan fingerprint density at radius 2 is 2.07 bits per heavy atom. The van der Waals surface area contributed by atoms with Crippen molar-refractivity contribution in [1.82, 2.24) is 9.97 Å². The number of aromatic nitrogens is 2. The highest BCUT2D eigenvalue weighted by Gasteiger charge is 2.13. The predicted octanol–water partition coefficient (Wildman–Crippen LogP) is 3.35. The van der Waals surface area contributed by atoms with Crippen molar-refractivity contribution in [3.63, 3.8) is 0 Å². The van der Waals surface area contributed by atoms with Crippen LogP contribution in [0.1, 0.15) is 16.1 Å². The molecule has 0 saturated carbocycles. The van der Waals surface area contributed by atoms with Gasteiger partial charge in [0.05, 0.1) is 12.8 Å². The van der Waals surface area contributed by atoms with E-state index in [0.717, 1.165) is 11.1 Å². The second kappa shape index (κ2) is 8.19. The number of nitrogens with one attached hydrogen (secondary N) is 2. The number of anilines is 1. The average Bonchev–Trinajstić information content (AvgIpc) is 3.41. The van der Waals surface area contributed by atoms with Crippen molar-refractivity contribution in [1.29, 1.82) is 0 Å². The first kappa shape index (κ1) is 18.8. The van der Waals surface area contributed by atoms with E-state index in [0.29, 0.717) is 41.2 Å². The SMILES string of the molecule is COC(=O)c1cc(-c2csc(NC(=O)/C=C/c3ccc4c(c3)OCCO4)n2)c[nH]1. The van der Waals surface area contributed by atoms with Gasteiger partial charge in [0.1, 0.15) is 18.9 Å². The maximum absolute atomic E-state index is 12.2. The maximum atomic E-state index is 12.2. The van der Waals surface area contributed by atoms with Crippen molar-refractivity contribution in [2.45, 2.75) is 0 Å². The van der Waals surface area contributed by atoms with Gasteiger partial charge in [0, 0.05) is 23.2 Å².